The molecule has 2 aliphatic heterocycles. The lowest BCUT2D eigenvalue weighted by molar-refractivity contribution is 0.0663. The first-order valence-corrected chi connectivity index (χ1v) is 9.40. The summed E-state index contributed by atoms with van der Waals surface area (Å²) in [5.74, 6) is 0.491. The summed E-state index contributed by atoms with van der Waals surface area (Å²) < 4.78 is 6.71. The summed E-state index contributed by atoms with van der Waals surface area (Å²) >= 11 is 0. The van der Waals surface area contributed by atoms with E-state index in [1.165, 1.54) is 5.56 Å². The molecule has 2 saturated heterocycles. The highest BCUT2D eigenvalue weighted by atomic mass is 16.6. The summed E-state index contributed by atoms with van der Waals surface area (Å²) in [4.78, 5) is 28.0. The van der Waals surface area contributed by atoms with Crippen LogP contribution in [0.1, 0.15) is 44.1 Å². The molecule has 3 rings (SSSR count). The number of aromatic nitrogens is 1. The number of nitrogens with zero attached hydrogens (tertiary/aromatic N) is 3. The fourth-order valence-corrected chi connectivity index (χ4v) is 4.04. The molecule has 0 atom stereocenters. The summed E-state index contributed by atoms with van der Waals surface area (Å²) in [5.41, 5.74) is 1.26. The van der Waals surface area contributed by atoms with Crippen LogP contribution in [0.2, 0.25) is 0 Å². The standard InChI is InChI=1S/C19H29N3O3/c1-3-25-19(24)22-12-7-17(8-13-22)21-10-5-15(6-11-21)16-4-9-20(2)18(23)14-16/h4,9,14-15,17H,3,5-8,10-13H2,1-2H3. The maximum atomic E-state index is 11.8. The minimum atomic E-state index is -0.176. The van der Waals surface area contributed by atoms with E-state index in [9.17, 15) is 9.59 Å². The normalized spacial score (nSPS) is 20.6. The van der Waals surface area contributed by atoms with Gasteiger partial charge < -0.3 is 19.1 Å². The van der Waals surface area contributed by atoms with E-state index >= 15 is 0 Å². The van der Waals surface area contributed by atoms with Crippen LogP contribution in [0.15, 0.2) is 23.1 Å². The molecule has 0 bridgehead atoms. The third kappa shape index (κ3) is 4.24. The Bertz CT molecular complexity index is 642. The van der Waals surface area contributed by atoms with Gasteiger partial charge in [-0.25, -0.2) is 4.79 Å². The third-order valence-corrected chi connectivity index (χ3v) is 5.64. The predicted molar refractivity (Wildman–Crippen MR) is 96.8 cm³/mol. The van der Waals surface area contributed by atoms with E-state index in [1.807, 2.05) is 18.0 Å². The Morgan fingerprint density at radius 3 is 2.44 bits per heavy atom. The van der Waals surface area contributed by atoms with Gasteiger partial charge in [-0.05, 0) is 63.2 Å². The largest absolute Gasteiger partial charge is 0.450 e. The Balaban J connectivity index is 1.49. The number of ether oxygens (including phenoxy) is 1. The Labute approximate surface area is 149 Å². The van der Waals surface area contributed by atoms with Gasteiger partial charge in [0.05, 0.1) is 6.61 Å². The summed E-state index contributed by atoms with van der Waals surface area (Å²) in [5, 5.41) is 0. The first-order chi connectivity index (χ1) is 12.1. The van der Waals surface area contributed by atoms with Crippen LogP contribution in [-0.2, 0) is 11.8 Å². The van der Waals surface area contributed by atoms with Crippen molar-refractivity contribution >= 4 is 6.09 Å². The van der Waals surface area contributed by atoms with Crippen molar-refractivity contribution in [2.24, 2.45) is 7.05 Å². The molecule has 0 radical (unpaired) electrons. The van der Waals surface area contributed by atoms with Gasteiger partial charge in [-0.15, -0.1) is 0 Å². The van der Waals surface area contributed by atoms with Gasteiger partial charge in [0.2, 0.25) is 0 Å². The van der Waals surface area contributed by atoms with Crippen LogP contribution in [0.25, 0.3) is 0 Å². The van der Waals surface area contributed by atoms with Gasteiger partial charge in [-0.3, -0.25) is 4.79 Å². The summed E-state index contributed by atoms with van der Waals surface area (Å²) in [7, 11) is 1.79. The van der Waals surface area contributed by atoms with E-state index in [-0.39, 0.29) is 11.7 Å². The van der Waals surface area contributed by atoms with Crippen LogP contribution in [0.3, 0.4) is 0 Å². The lowest BCUT2D eigenvalue weighted by Crippen LogP contribution is -2.49. The van der Waals surface area contributed by atoms with Crippen LogP contribution in [0, 0.1) is 0 Å². The molecule has 0 N–H and O–H groups in total. The molecular formula is C19H29N3O3. The highest BCUT2D eigenvalue weighted by molar-refractivity contribution is 5.67. The van der Waals surface area contributed by atoms with Crippen LogP contribution in [0.4, 0.5) is 4.79 Å². The number of likely N-dealkylation sites (tertiary alicyclic amines) is 2. The lowest BCUT2D eigenvalue weighted by Gasteiger charge is -2.41. The van der Waals surface area contributed by atoms with E-state index in [4.69, 9.17) is 4.74 Å². The Morgan fingerprint density at radius 2 is 1.84 bits per heavy atom. The number of amides is 1. The minimum absolute atomic E-state index is 0.0752. The van der Waals surface area contributed by atoms with E-state index in [0.717, 1.165) is 51.9 Å². The molecule has 0 unspecified atom stereocenters. The van der Waals surface area contributed by atoms with Crippen molar-refractivity contribution in [1.82, 2.24) is 14.4 Å². The van der Waals surface area contributed by atoms with Crippen molar-refractivity contribution in [2.45, 2.75) is 44.6 Å². The van der Waals surface area contributed by atoms with E-state index in [1.54, 1.807) is 17.7 Å². The first-order valence-electron chi connectivity index (χ1n) is 9.40. The zero-order valence-corrected chi connectivity index (χ0v) is 15.3. The number of piperidine rings is 2. The van der Waals surface area contributed by atoms with Crippen molar-refractivity contribution in [1.29, 1.82) is 0 Å². The quantitative estimate of drug-likeness (QED) is 0.841. The van der Waals surface area contributed by atoms with Crippen molar-refractivity contribution in [3.8, 4) is 0 Å². The summed E-state index contributed by atoms with van der Waals surface area (Å²) in [6.45, 7) is 6.01. The zero-order chi connectivity index (χ0) is 17.8. The van der Waals surface area contributed by atoms with E-state index < -0.39 is 0 Å². The van der Waals surface area contributed by atoms with Crippen molar-refractivity contribution in [3.05, 3.63) is 34.2 Å². The highest BCUT2D eigenvalue weighted by Crippen LogP contribution is 2.30. The van der Waals surface area contributed by atoms with Crippen molar-refractivity contribution in [3.63, 3.8) is 0 Å². The van der Waals surface area contributed by atoms with Gasteiger partial charge in [0.15, 0.2) is 0 Å². The Hall–Kier alpha value is -1.82. The molecule has 0 aliphatic carbocycles. The number of hydrogen-bond donors (Lipinski definition) is 0. The SMILES string of the molecule is CCOC(=O)N1CCC(N2CCC(c3ccn(C)c(=O)c3)CC2)CC1. The predicted octanol–water partition coefficient (Wildman–Crippen LogP) is 2.19. The maximum absolute atomic E-state index is 11.8. The molecule has 3 heterocycles. The van der Waals surface area contributed by atoms with Crippen molar-refractivity contribution < 1.29 is 9.53 Å². The van der Waals surface area contributed by atoms with E-state index in [0.29, 0.717) is 18.6 Å². The van der Waals surface area contributed by atoms with Crippen LogP contribution >= 0.6 is 0 Å². The number of hydrogen-bond acceptors (Lipinski definition) is 4. The molecule has 6 nitrogen and oxygen atoms in total. The highest BCUT2D eigenvalue weighted by Gasteiger charge is 2.30. The second kappa shape index (κ2) is 8.04. The molecule has 0 spiro atoms. The third-order valence-electron chi connectivity index (χ3n) is 5.64. The molecular weight excluding hydrogens is 318 g/mol. The summed E-state index contributed by atoms with van der Waals surface area (Å²) in [6.07, 6.45) is 5.95. The molecule has 1 aromatic rings. The summed E-state index contributed by atoms with van der Waals surface area (Å²) in [6, 6.07) is 4.44. The zero-order valence-electron chi connectivity index (χ0n) is 15.3. The van der Waals surface area contributed by atoms with Gasteiger partial charge >= 0.3 is 6.09 Å². The molecule has 6 heteroatoms. The number of carbonyl (C=O) groups is 1. The Morgan fingerprint density at radius 1 is 1.16 bits per heavy atom. The fourth-order valence-electron chi connectivity index (χ4n) is 4.04. The van der Waals surface area contributed by atoms with Crippen LogP contribution in [0.5, 0.6) is 0 Å². The minimum Gasteiger partial charge on any atom is -0.450 e. The van der Waals surface area contributed by atoms with Gasteiger partial charge in [-0.2, -0.15) is 0 Å². The van der Waals surface area contributed by atoms with E-state index in [2.05, 4.69) is 11.0 Å². The average molecular weight is 347 g/mol. The second-order valence-corrected chi connectivity index (χ2v) is 7.14. The topological polar surface area (TPSA) is 54.8 Å². The first kappa shape index (κ1) is 18.0. The average Bonchev–Trinajstić information content (AvgIpc) is 2.64. The second-order valence-electron chi connectivity index (χ2n) is 7.14. The molecule has 2 fully saturated rings. The van der Waals surface area contributed by atoms with Gasteiger partial charge in [0, 0.05) is 38.4 Å². The number of rotatable bonds is 3. The molecule has 0 saturated carbocycles. The van der Waals surface area contributed by atoms with Gasteiger partial charge in [-0.1, -0.05) is 0 Å². The molecule has 0 aromatic carbocycles. The van der Waals surface area contributed by atoms with Gasteiger partial charge in [0.25, 0.3) is 5.56 Å². The smallest absolute Gasteiger partial charge is 0.409 e. The molecule has 138 valence electrons. The molecule has 2 aliphatic rings. The van der Waals surface area contributed by atoms with Gasteiger partial charge in [0.1, 0.15) is 0 Å². The monoisotopic (exact) mass is 347 g/mol. The maximum Gasteiger partial charge on any atom is 0.409 e. The fraction of sp³-hybridized carbons (Fsp3) is 0.684. The Kier molecular flexibility index (Phi) is 5.78. The lowest BCUT2D eigenvalue weighted by atomic mass is 9.88. The number of pyridine rings is 1. The van der Waals surface area contributed by atoms with Crippen LogP contribution < -0.4 is 5.56 Å². The van der Waals surface area contributed by atoms with Crippen molar-refractivity contribution in [2.75, 3.05) is 32.8 Å². The van der Waals surface area contributed by atoms with Crippen LogP contribution in [-0.4, -0.2) is 59.3 Å². The number of aryl methyl sites for hydroxylation is 1. The molecule has 1 aromatic heterocycles. The molecule has 1 amide bonds. The number of carbonyl (C=O) groups excluding carboxylic acids is 1. The molecule has 25 heavy (non-hydrogen) atoms.